The van der Waals surface area contributed by atoms with Crippen LogP contribution in [0.4, 0.5) is 4.79 Å². The quantitative estimate of drug-likeness (QED) is 0.776. The molecule has 0 aromatic heterocycles. The van der Waals surface area contributed by atoms with Crippen molar-refractivity contribution in [3.05, 3.63) is 0 Å². The standard InChI is InChI=1S/C12H22N2O4/c1-8(9(15)16)13-10(17)14-6-11(2,3)18-12(4,5)7-14/h8H,6-7H2,1-5H3,(H,13,17)(H,15,16)/t8-/m0/s1. The minimum Gasteiger partial charge on any atom is -0.480 e. The lowest BCUT2D eigenvalue weighted by Gasteiger charge is -2.47. The van der Waals surface area contributed by atoms with Gasteiger partial charge in [0.15, 0.2) is 0 Å². The predicted octanol–water partition coefficient (Wildman–Crippen LogP) is 1.06. The van der Waals surface area contributed by atoms with Crippen LogP contribution in [0.25, 0.3) is 0 Å². The second-order valence-corrected chi connectivity index (χ2v) is 5.99. The predicted molar refractivity (Wildman–Crippen MR) is 66.4 cm³/mol. The van der Waals surface area contributed by atoms with Crippen LogP contribution in [0.1, 0.15) is 34.6 Å². The Balaban J connectivity index is 2.71. The minimum atomic E-state index is -1.05. The van der Waals surface area contributed by atoms with E-state index in [0.29, 0.717) is 13.1 Å². The van der Waals surface area contributed by atoms with Gasteiger partial charge >= 0.3 is 12.0 Å². The van der Waals surface area contributed by atoms with Gasteiger partial charge in [-0.25, -0.2) is 4.79 Å². The number of rotatable bonds is 2. The zero-order chi connectivity index (χ0) is 14.1. The number of hydrogen-bond donors (Lipinski definition) is 2. The van der Waals surface area contributed by atoms with Crippen molar-refractivity contribution in [2.75, 3.05) is 13.1 Å². The van der Waals surface area contributed by atoms with Crippen LogP contribution in [-0.2, 0) is 9.53 Å². The van der Waals surface area contributed by atoms with E-state index in [-0.39, 0.29) is 6.03 Å². The summed E-state index contributed by atoms with van der Waals surface area (Å²) in [7, 11) is 0. The SMILES string of the molecule is C[C@H](NC(=O)N1CC(C)(C)OC(C)(C)C1)C(=O)O. The van der Waals surface area contributed by atoms with Crippen molar-refractivity contribution in [3.8, 4) is 0 Å². The Morgan fingerprint density at radius 1 is 1.22 bits per heavy atom. The van der Waals surface area contributed by atoms with Gasteiger partial charge in [0.1, 0.15) is 6.04 Å². The van der Waals surface area contributed by atoms with Crippen molar-refractivity contribution in [1.82, 2.24) is 10.2 Å². The molecule has 18 heavy (non-hydrogen) atoms. The van der Waals surface area contributed by atoms with Gasteiger partial charge in [0.05, 0.1) is 24.3 Å². The Bertz CT molecular complexity index is 336. The zero-order valence-electron chi connectivity index (χ0n) is 11.6. The molecule has 0 bridgehead atoms. The monoisotopic (exact) mass is 258 g/mol. The molecule has 0 unspecified atom stereocenters. The van der Waals surface area contributed by atoms with Crippen LogP contribution >= 0.6 is 0 Å². The maximum atomic E-state index is 12.0. The number of nitrogens with zero attached hydrogens (tertiary/aromatic N) is 1. The van der Waals surface area contributed by atoms with E-state index in [1.807, 2.05) is 27.7 Å². The number of carbonyl (C=O) groups is 2. The first kappa shape index (κ1) is 14.8. The van der Waals surface area contributed by atoms with Gasteiger partial charge in [-0.3, -0.25) is 4.79 Å². The molecule has 0 aromatic carbocycles. The fourth-order valence-corrected chi connectivity index (χ4v) is 2.27. The van der Waals surface area contributed by atoms with Crippen LogP contribution < -0.4 is 5.32 Å². The second kappa shape index (κ2) is 4.76. The van der Waals surface area contributed by atoms with Crippen LogP contribution in [0.15, 0.2) is 0 Å². The van der Waals surface area contributed by atoms with Crippen LogP contribution in [-0.4, -0.2) is 52.3 Å². The summed E-state index contributed by atoms with van der Waals surface area (Å²) in [5.41, 5.74) is -0.878. The van der Waals surface area contributed by atoms with Crippen molar-refractivity contribution in [3.63, 3.8) is 0 Å². The number of urea groups is 1. The topological polar surface area (TPSA) is 78.9 Å². The number of carboxylic acids is 1. The van der Waals surface area contributed by atoms with Gasteiger partial charge < -0.3 is 20.1 Å². The largest absolute Gasteiger partial charge is 0.480 e. The normalized spacial score (nSPS) is 23.3. The average molecular weight is 258 g/mol. The highest BCUT2D eigenvalue weighted by Gasteiger charge is 2.40. The second-order valence-electron chi connectivity index (χ2n) is 5.99. The molecular formula is C12H22N2O4. The number of carboxylic acid groups (broad SMARTS) is 1. The highest BCUT2D eigenvalue weighted by Crippen LogP contribution is 2.27. The molecule has 2 amide bonds. The number of carbonyl (C=O) groups excluding carboxylic acids is 1. The zero-order valence-corrected chi connectivity index (χ0v) is 11.6. The number of hydrogen-bond acceptors (Lipinski definition) is 3. The van der Waals surface area contributed by atoms with Gasteiger partial charge in [0, 0.05) is 0 Å². The Labute approximate surface area is 107 Å². The first-order chi connectivity index (χ1) is 8.02. The molecule has 104 valence electrons. The Kier molecular flexibility index (Phi) is 3.90. The van der Waals surface area contributed by atoms with E-state index >= 15 is 0 Å². The van der Waals surface area contributed by atoms with Crippen molar-refractivity contribution in [1.29, 1.82) is 0 Å². The molecule has 0 saturated carbocycles. The van der Waals surface area contributed by atoms with Gasteiger partial charge in [0.2, 0.25) is 0 Å². The fourth-order valence-electron chi connectivity index (χ4n) is 2.27. The van der Waals surface area contributed by atoms with Gasteiger partial charge in [0.25, 0.3) is 0 Å². The number of amides is 2. The summed E-state index contributed by atoms with van der Waals surface area (Å²) in [4.78, 5) is 24.3. The van der Waals surface area contributed by atoms with E-state index in [1.165, 1.54) is 6.92 Å². The van der Waals surface area contributed by atoms with Gasteiger partial charge in [-0.15, -0.1) is 0 Å². The first-order valence-electron chi connectivity index (χ1n) is 6.01. The molecule has 1 aliphatic heterocycles. The summed E-state index contributed by atoms with van der Waals surface area (Å²) < 4.78 is 5.86. The summed E-state index contributed by atoms with van der Waals surface area (Å²) in [6, 6.07) is -1.26. The molecule has 1 heterocycles. The van der Waals surface area contributed by atoms with Gasteiger partial charge in [-0.2, -0.15) is 0 Å². The van der Waals surface area contributed by atoms with Crippen molar-refractivity contribution < 1.29 is 19.4 Å². The third-order valence-corrected chi connectivity index (χ3v) is 2.69. The average Bonchev–Trinajstić information content (AvgIpc) is 2.12. The summed E-state index contributed by atoms with van der Waals surface area (Å²) in [5.74, 6) is -1.05. The van der Waals surface area contributed by atoms with E-state index < -0.39 is 23.2 Å². The maximum absolute atomic E-state index is 12.0. The smallest absolute Gasteiger partial charge is 0.325 e. The number of morpholine rings is 1. The first-order valence-corrected chi connectivity index (χ1v) is 6.01. The van der Waals surface area contributed by atoms with E-state index in [4.69, 9.17) is 9.84 Å². The molecule has 0 spiro atoms. The van der Waals surface area contributed by atoms with Crippen molar-refractivity contribution >= 4 is 12.0 Å². The summed E-state index contributed by atoms with van der Waals surface area (Å²) in [5, 5.41) is 11.2. The van der Waals surface area contributed by atoms with Crippen molar-refractivity contribution in [2.45, 2.75) is 51.9 Å². The minimum absolute atomic E-state index is 0.366. The lowest BCUT2D eigenvalue weighted by Crippen LogP contribution is -2.61. The number of nitrogens with one attached hydrogen (secondary N) is 1. The molecule has 1 aliphatic rings. The van der Waals surface area contributed by atoms with Crippen LogP contribution in [0, 0.1) is 0 Å². The molecule has 0 aliphatic carbocycles. The molecule has 6 nitrogen and oxygen atoms in total. The van der Waals surface area contributed by atoms with Crippen molar-refractivity contribution in [2.24, 2.45) is 0 Å². The van der Waals surface area contributed by atoms with E-state index in [9.17, 15) is 9.59 Å². The van der Waals surface area contributed by atoms with Crippen LogP contribution in [0.2, 0.25) is 0 Å². The fraction of sp³-hybridized carbons (Fsp3) is 0.833. The third-order valence-electron chi connectivity index (χ3n) is 2.69. The summed E-state index contributed by atoms with van der Waals surface area (Å²) in [6.07, 6.45) is 0. The molecule has 1 saturated heterocycles. The number of aliphatic carboxylic acids is 1. The van der Waals surface area contributed by atoms with E-state index in [1.54, 1.807) is 4.90 Å². The van der Waals surface area contributed by atoms with E-state index in [0.717, 1.165) is 0 Å². The maximum Gasteiger partial charge on any atom is 0.325 e. The lowest BCUT2D eigenvalue weighted by atomic mass is 9.99. The molecule has 1 fully saturated rings. The Morgan fingerprint density at radius 3 is 2.06 bits per heavy atom. The Morgan fingerprint density at radius 2 is 1.67 bits per heavy atom. The third kappa shape index (κ3) is 3.87. The molecule has 6 heteroatoms. The highest BCUT2D eigenvalue weighted by atomic mass is 16.5. The lowest BCUT2D eigenvalue weighted by molar-refractivity contribution is -0.170. The summed E-state index contributed by atoms with van der Waals surface area (Å²) >= 11 is 0. The van der Waals surface area contributed by atoms with Gasteiger partial charge in [-0.1, -0.05) is 0 Å². The number of ether oxygens (including phenoxy) is 1. The summed E-state index contributed by atoms with van der Waals surface area (Å²) in [6.45, 7) is 9.97. The molecule has 1 rings (SSSR count). The molecule has 0 radical (unpaired) electrons. The molecule has 1 atom stereocenters. The van der Waals surface area contributed by atoms with Crippen LogP contribution in [0.3, 0.4) is 0 Å². The molecule has 2 N–H and O–H groups in total. The highest BCUT2D eigenvalue weighted by molar-refractivity contribution is 5.82. The molecule has 0 aromatic rings. The Hall–Kier alpha value is -1.30. The van der Waals surface area contributed by atoms with Gasteiger partial charge in [-0.05, 0) is 34.6 Å². The van der Waals surface area contributed by atoms with E-state index in [2.05, 4.69) is 5.32 Å². The molecular weight excluding hydrogens is 236 g/mol. The van der Waals surface area contributed by atoms with Crippen LogP contribution in [0.5, 0.6) is 0 Å².